The lowest BCUT2D eigenvalue weighted by Crippen LogP contribution is -2.40. The molecule has 0 fully saturated rings. The molecule has 1 unspecified atom stereocenters. The maximum atomic E-state index is 11.6. The highest BCUT2D eigenvalue weighted by Crippen LogP contribution is 2.06. The van der Waals surface area contributed by atoms with Crippen molar-refractivity contribution >= 4 is 11.9 Å². The van der Waals surface area contributed by atoms with Gasteiger partial charge >= 0.3 is 5.97 Å². The van der Waals surface area contributed by atoms with Crippen molar-refractivity contribution in [3.8, 4) is 0 Å². The lowest BCUT2D eigenvalue weighted by Gasteiger charge is -2.19. The molecule has 1 aromatic rings. The van der Waals surface area contributed by atoms with Crippen LogP contribution in [0.5, 0.6) is 0 Å². The molecule has 7 heteroatoms. The Kier molecular flexibility index (Phi) is 3.98. The van der Waals surface area contributed by atoms with E-state index in [1.165, 1.54) is 6.33 Å². The Labute approximate surface area is 92.3 Å². The maximum Gasteiger partial charge on any atom is 0.305 e. The first-order valence-electron chi connectivity index (χ1n) is 4.88. The summed E-state index contributed by atoms with van der Waals surface area (Å²) in [5.74, 6) is -1.28. The Morgan fingerprint density at radius 1 is 1.56 bits per heavy atom. The minimum absolute atomic E-state index is 0.0305. The first-order chi connectivity index (χ1) is 7.50. The van der Waals surface area contributed by atoms with Crippen LogP contribution in [0.1, 0.15) is 30.9 Å². The van der Waals surface area contributed by atoms with Gasteiger partial charge in [0.15, 0.2) is 0 Å². The summed E-state index contributed by atoms with van der Waals surface area (Å²) >= 11 is 0. The van der Waals surface area contributed by atoms with Crippen molar-refractivity contribution in [1.29, 1.82) is 0 Å². The van der Waals surface area contributed by atoms with Crippen LogP contribution in [-0.2, 0) is 4.79 Å². The molecule has 1 heterocycles. The number of H-pyrrole nitrogens is 1. The second-order valence-corrected chi connectivity index (χ2v) is 3.76. The summed E-state index contributed by atoms with van der Waals surface area (Å²) in [5, 5.41) is 17.2. The molecule has 0 aliphatic rings. The Bertz CT molecular complexity index is 361. The SMILES string of the molecule is CC(C)C(CC(=O)O)NC(=O)c1ncn[nH]1. The molecule has 16 heavy (non-hydrogen) atoms. The second kappa shape index (κ2) is 5.24. The van der Waals surface area contributed by atoms with Gasteiger partial charge < -0.3 is 10.4 Å². The van der Waals surface area contributed by atoms with Crippen molar-refractivity contribution < 1.29 is 14.7 Å². The van der Waals surface area contributed by atoms with Gasteiger partial charge in [0.25, 0.3) is 5.91 Å². The number of hydrogen-bond donors (Lipinski definition) is 3. The smallest absolute Gasteiger partial charge is 0.305 e. The van der Waals surface area contributed by atoms with Crippen LogP contribution in [0.2, 0.25) is 0 Å². The molecule has 1 rings (SSSR count). The van der Waals surface area contributed by atoms with E-state index in [4.69, 9.17) is 5.11 Å². The molecule has 0 aliphatic heterocycles. The molecule has 1 amide bonds. The van der Waals surface area contributed by atoms with E-state index in [9.17, 15) is 9.59 Å². The van der Waals surface area contributed by atoms with E-state index >= 15 is 0 Å². The Hall–Kier alpha value is -1.92. The van der Waals surface area contributed by atoms with E-state index < -0.39 is 17.9 Å². The molecule has 0 bridgehead atoms. The fourth-order valence-corrected chi connectivity index (χ4v) is 1.19. The summed E-state index contributed by atoms with van der Waals surface area (Å²) in [5.41, 5.74) is 0. The van der Waals surface area contributed by atoms with Crippen molar-refractivity contribution in [2.45, 2.75) is 26.3 Å². The van der Waals surface area contributed by atoms with Crippen molar-refractivity contribution in [2.24, 2.45) is 5.92 Å². The number of amides is 1. The molecule has 1 atom stereocenters. The average Bonchev–Trinajstić information content (AvgIpc) is 2.68. The van der Waals surface area contributed by atoms with Crippen molar-refractivity contribution in [3.05, 3.63) is 12.2 Å². The van der Waals surface area contributed by atoms with Crippen molar-refractivity contribution in [2.75, 3.05) is 0 Å². The zero-order valence-electron chi connectivity index (χ0n) is 9.10. The van der Waals surface area contributed by atoms with Gasteiger partial charge in [-0.3, -0.25) is 14.7 Å². The minimum atomic E-state index is -0.948. The lowest BCUT2D eigenvalue weighted by molar-refractivity contribution is -0.137. The van der Waals surface area contributed by atoms with Gasteiger partial charge in [-0.1, -0.05) is 13.8 Å². The van der Waals surface area contributed by atoms with Gasteiger partial charge in [-0.2, -0.15) is 5.10 Å². The van der Waals surface area contributed by atoms with E-state index in [1.54, 1.807) is 0 Å². The molecule has 88 valence electrons. The number of carboxylic acid groups (broad SMARTS) is 1. The van der Waals surface area contributed by atoms with E-state index in [0.29, 0.717) is 0 Å². The third kappa shape index (κ3) is 3.34. The Morgan fingerprint density at radius 3 is 2.69 bits per heavy atom. The summed E-state index contributed by atoms with van der Waals surface area (Å²) in [4.78, 5) is 25.8. The van der Waals surface area contributed by atoms with Crippen LogP contribution < -0.4 is 5.32 Å². The van der Waals surface area contributed by atoms with Gasteiger partial charge in [0.1, 0.15) is 6.33 Å². The number of aromatic amines is 1. The second-order valence-electron chi connectivity index (χ2n) is 3.76. The van der Waals surface area contributed by atoms with Crippen LogP contribution in [-0.4, -0.2) is 38.2 Å². The van der Waals surface area contributed by atoms with E-state index in [-0.39, 0.29) is 18.2 Å². The topological polar surface area (TPSA) is 108 Å². The largest absolute Gasteiger partial charge is 0.481 e. The first kappa shape index (κ1) is 12.2. The van der Waals surface area contributed by atoms with Crippen molar-refractivity contribution in [1.82, 2.24) is 20.5 Å². The summed E-state index contributed by atoms with van der Waals surface area (Å²) < 4.78 is 0. The number of carbonyl (C=O) groups excluding carboxylic acids is 1. The monoisotopic (exact) mass is 226 g/mol. The molecule has 7 nitrogen and oxygen atoms in total. The number of carbonyl (C=O) groups is 2. The van der Waals surface area contributed by atoms with Crippen LogP contribution in [0.3, 0.4) is 0 Å². The predicted octanol–water partition coefficient (Wildman–Crippen LogP) is 0.0338. The van der Waals surface area contributed by atoms with Gasteiger partial charge in [0, 0.05) is 6.04 Å². The number of rotatable bonds is 5. The molecule has 0 saturated carbocycles. The third-order valence-corrected chi connectivity index (χ3v) is 2.15. The van der Waals surface area contributed by atoms with Gasteiger partial charge in [-0.25, -0.2) is 4.98 Å². The number of aliphatic carboxylic acids is 1. The first-order valence-corrected chi connectivity index (χ1v) is 4.88. The van der Waals surface area contributed by atoms with Gasteiger partial charge in [-0.15, -0.1) is 0 Å². The zero-order chi connectivity index (χ0) is 12.1. The number of nitrogens with one attached hydrogen (secondary N) is 2. The molecular weight excluding hydrogens is 212 g/mol. The summed E-state index contributed by atoms with van der Waals surface area (Å²) in [7, 11) is 0. The predicted molar refractivity (Wildman–Crippen MR) is 54.7 cm³/mol. The molecular formula is C9H14N4O3. The van der Waals surface area contributed by atoms with Crippen molar-refractivity contribution in [3.63, 3.8) is 0 Å². The average molecular weight is 226 g/mol. The number of nitrogens with zero attached hydrogens (tertiary/aromatic N) is 2. The quantitative estimate of drug-likeness (QED) is 0.656. The molecule has 0 aliphatic carbocycles. The molecule has 0 saturated heterocycles. The molecule has 1 aromatic heterocycles. The van der Waals surface area contributed by atoms with Crippen LogP contribution >= 0.6 is 0 Å². The number of aromatic nitrogens is 3. The third-order valence-electron chi connectivity index (χ3n) is 2.15. The fraction of sp³-hybridized carbons (Fsp3) is 0.556. The normalized spacial score (nSPS) is 12.4. The highest BCUT2D eigenvalue weighted by atomic mass is 16.4. The van der Waals surface area contributed by atoms with Gasteiger partial charge in [-0.05, 0) is 5.92 Å². The standard InChI is InChI=1S/C9H14N4O3/c1-5(2)6(3-7(14)15)12-9(16)8-10-4-11-13-8/h4-6H,3H2,1-2H3,(H,12,16)(H,14,15)(H,10,11,13). The number of carboxylic acids is 1. The van der Waals surface area contributed by atoms with E-state index in [2.05, 4.69) is 20.5 Å². The van der Waals surface area contributed by atoms with E-state index in [0.717, 1.165) is 0 Å². The van der Waals surface area contributed by atoms with Crippen LogP contribution in [0.4, 0.5) is 0 Å². The fourth-order valence-electron chi connectivity index (χ4n) is 1.19. The highest BCUT2D eigenvalue weighted by Gasteiger charge is 2.21. The van der Waals surface area contributed by atoms with Gasteiger partial charge in [0.2, 0.25) is 5.82 Å². The van der Waals surface area contributed by atoms with Crippen LogP contribution in [0.15, 0.2) is 6.33 Å². The number of hydrogen-bond acceptors (Lipinski definition) is 4. The summed E-state index contributed by atoms with van der Waals surface area (Å²) in [6, 6.07) is -0.421. The minimum Gasteiger partial charge on any atom is -0.481 e. The Balaban J connectivity index is 2.61. The summed E-state index contributed by atoms with van der Waals surface area (Å²) in [6.07, 6.45) is 1.11. The summed E-state index contributed by atoms with van der Waals surface area (Å²) in [6.45, 7) is 3.68. The Morgan fingerprint density at radius 2 is 2.25 bits per heavy atom. The molecule has 0 radical (unpaired) electrons. The molecule has 0 aromatic carbocycles. The van der Waals surface area contributed by atoms with E-state index in [1.807, 2.05) is 13.8 Å². The zero-order valence-corrected chi connectivity index (χ0v) is 9.10. The van der Waals surface area contributed by atoms with Gasteiger partial charge in [0.05, 0.1) is 6.42 Å². The van der Waals surface area contributed by atoms with Crippen LogP contribution in [0, 0.1) is 5.92 Å². The highest BCUT2D eigenvalue weighted by molar-refractivity contribution is 5.90. The maximum absolute atomic E-state index is 11.6. The van der Waals surface area contributed by atoms with Crippen LogP contribution in [0.25, 0.3) is 0 Å². The molecule has 3 N–H and O–H groups in total. The molecule has 0 spiro atoms. The lowest BCUT2D eigenvalue weighted by atomic mass is 10.0.